The Labute approximate surface area is 155 Å². The van der Waals surface area contributed by atoms with Crippen LogP contribution in [-0.4, -0.2) is 30.3 Å². The van der Waals surface area contributed by atoms with E-state index in [2.05, 4.69) is 13.8 Å². The molecule has 0 spiro atoms. The van der Waals surface area contributed by atoms with Crippen molar-refractivity contribution >= 4 is 0 Å². The van der Waals surface area contributed by atoms with Gasteiger partial charge < -0.3 is 14.2 Å². The molecule has 1 aliphatic carbocycles. The van der Waals surface area contributed by atoms with E-state index in [9.17, 15) is 0 Å². The minimum absolute atomic E-state index is 0.278. The van der Waals surface area contributed by atoms with Gasteiger partial charge in [-0.3, -0.25) is 0 Å². The molecule has 0 unspecified atom stereocenters. The van der Waals surface area contributed by atoms with E-state index >= 15 is 0 Å². The maximum Gasteiger partial charge on any atom is 0.236 e. The summed E-state index contributed by atoms with van der Waals surface area (Å²) in [6.07, 6.45) is 6.54. The molecule has 0 bridgehead atoms. The summed E-state index contributed by atoms with van der Waals surface area (Å²) in [4.78, 5) is 9.78. The molecule has 2 aromatic rings. The summed E-state index contributed by atoms with van der Waals surface area (Å²) in [6, 6.07) is 5.79. The molecule has 3 rings (SSSR count). The van der Waals surface area contributed by atoms with Crippen LogP contribution in [0.1, 0.15) is 50.9 Å². The van der Waals surface area contributed by atoms with Crippen molar-refractivity contribution in [2.45, 2.75) is 58.5 Å². The summed E-state index contributed by atoms with van der Waals surface area (Å²) < 4.78 is 17.1. The van der Waals surface area contributed by atoms with Gasteiger partial charge in [-0.1, -0.05) is 13.8 Å². The van der Waals surface area contributed by atoms with Crippen molar-refractivity contribution in [3.63, 3.8) is 0 Å². The molecule has 26 heavy (non-hydrogen) atoms. The van der Waals surface area contributed by atoms with Crippen molar-refractivity contribution in [3.05, 3.63) is 29.6 Å². The largest absolute Gasteiger partial charge is 0.497 e. The second-order valence-corrected chi connectivity index (χ2v) is 6.57. The summed E-state index contributed by atoms with van der Waals surface area (Å²) in [7, 11) is 3.31. The Morgan fingerprint density at radius 1 is 0.962 bits per heavy atom. The first-order valence-corrected chi connectivity index (χ1v) is 9.48. The molecule has 0 amide bonds. The quantitative estimate of drug-likeness (QED) is 0.725. The molecule has 1 aromatic carbocycles. The third-order valence-electron chi connectivity index (χ3n) is 4.92. The molecule has 1 heterocycles. The third kappa shape index (κ3) is 3.76. The van der Waals surface area contributed by atoms with Gasteiger partial charge in [-0.15, -0.1) is 0 Å². The second-order valence-electron chi connectivity index (χ2n) is 6.57. The highest BCUT2D eigenvalue weighted by molar-refractivity contribution is 5.70. The van der Waals surface area contributed by atoms with E-state index in [1.807, 2.05) is 18.2 Å². The molecule has 1 aliphatic rings. The first kappa shape index (κ1) is 18.5. The maximum atomic E-state index is 6.20. The molecule has 0 radical (unpaired) electrons. The fourth-order valence-corrected chi connectivity index (χ4v) is 3.43. The predicted molar refractivity (Wildman–Crippen MR) is 102 cm³/mol. The van der Waals surface area contributed by atoms with E-state index in [-0.39, 0.29) is 6.10 Å². The number of aryl methyl sites for hydroxylation is 2. The fourth-order valence-electron chi connectivity index (χ4n) is 3.43. The highest BCUT2D eigenvalue weighted by Crippen LogP contribution is 2.36. The zero-order chi connectivity index (χ0) is 18.5. The van der Waals surface area contributed by atoms with Gasteiger partial charge >= 0.3 is 0 Å². The van der Waals surface area contributed by atoms with E-state index in [1.54, 1.807) is 14.2 Å². The topological polar surface area (TPSA) is 53.5 Å². The molecule has 1 saturated carbocycles. The van der Waals surface area contributed by atoms with Crippen LogP contribution in [0.15, 0.2) is 18.2 Å². The molecule has 1 aromatic heterocycles. The molecule has 140 valence electrons. The first-order valence-electron chi connectivity index (χ1n) is 9.48. The minimum atomic E-state index is 0.278. The molecule has 1 fully saturated rings. The van der Waals surface area contributed by atoms with Crippen molar-refractivity contribution in [2.24, 2.45) is 0 Å². The molecular weight excluding hydrogens is 328 g/mol. The van der Waals surface area contributed by atoms with Gasteiger partial charge in [0.1, 0.15) is 23.3 Å². The van der Waals surface area contributed by atoms with E-state index in [0.717, 1.165) is 59.8 Å². The summed E-state index contributed by atoms with van der Waals surface area (Å²) >= 11 is 0. The lowest BCUT2D eigenvalue weighted by molar-refractivity contribution is 0.197. The summed E-state index contributed by atoms with van der Waals surface area (Å²) in [6.45, 7) is 4.18. The maximum absolute atomic E-state index is 6.20. The Bertz CT molecular complexity index is 755. The van der Waals surface area contributed by atoms with Gasteiger partial charge in [-0.25, -0.2) is 9.97 Å². The smallest absolute Gasteiger partial charge is 0.236 e. The van der Waals surface area contributed by atoms with Crippen LogP contribution in [0, 0.1) is 0 Å². The standard InChI is InChI=1S/C21H28N2O3/c1-5-17-20(16-12-11-15(24-3)13-19(16)25-4)22-18(6-2)21(23-17)26-14-9-7-8-10-14/h11-14H,5-10H2,1-4H3. The summed E-state index contributed by atoms with van der Waals surface area (Å²) in [5, 5.41) is 0. The fraction of sp³-hybridized carbons (Fsp3) is 0.524. The van der Waals surface area contributed by atoms with Crippen LogP contribution in [0.2, 0.25) is 0 Å². The zero-order valence-corrected chi connectivity index (χ0v) is 16.2. The molecule has 5 nitrogen and oxygen atoms in total. The Morgan fingerprint density at radius 3 is 2.31 bits per heavy atom. The lowest BCUT2D eigenvalue weighted by Gasteiger charge is -2.18. The molecule has 0 atom stereocenters. The number of rotatable bonds is 7. The zero-order valence-electron chi connectivity index (χ0n) is 16.2. The average molecular weight is 356 g/mol. The SMILES string of the molecule is CCc1nc(-c2ccc(OC)cc2OC)c(CC)nc1OC1CCCC1. The number of aromatic nitrogens is 2. The monoisotopic (exact) mass is 356 g/mol. The number of hydrogen-bond donors (Lipinski definition) is 0. The summed E-state index contributed by atoms with van der Waals surface area (Å²) in [5.41, 5.74) is 3.63. The minimum Gasteiger partial charge on any atom is -0.497 e. The Morgan fingerprint density at radius 2 is 1.69 bits per heavy atom. The van der Waals surface area contributed by atoms with Gasteiger partial charge in [0.15, 0.2) is 0 Å². The molecule has 5 heteroatoms. The van der Waals surface area contributed by atoms with Gasteiger partial charge in [0.05, 0.1) is 25.6 Å². The van der Waals surface area contributed by atoms with Crippen LogP contribution < -0.4 is 14.2 Å². The van der Waals surface area contributed by atoms with Crippen molar-refractivity contribution in [1.29, 1.82) is 0 Å². The highest BCUT2D eigenvalue weighted by Gasteiger charge is 2.22. The van der Waals surface area contributed by atoms with Gasteiger partial charge in [-0.2, -0.15) is 0 Å². The predicted octanol–water partition coefficient (Wildman–Crippen LogP) is 4.61. The second kappa shape index (κ2) is 8.39. The van der Waals surface area contributed by atoms with Gasteiger partial charge in [0.25, 0.3) is 0 Å². The lowest BCUT2D eigenvalue weighted by Crippen LogP contribution is -2.15. The van der Waals surface area contributed by atoms with Crippen molar-refractivity contribution in [3.8, 4) is 28.6 Å². The highest BCUT2D eigenvalue weighted by atomic mass is 16.5. The van der Waals surface area contributed by atoms with E-state index in [0.29, 0.717) is 5.88 Å². The van der Waals surface area contributed by atoms with Crippen LogP contribution in [0.5, 0.6) is 17.4 Å². The Hall–Kier alpha value is -2.30. The molecular formula is C21H28N2O3. The van der Waals surface area contributed by atoms with Gasteiger partial charge in [0, 0.05) is 11.6 Å². The first-order chi connectivity index (χ1) is 12.7. The normalized spacial score (nSPS) is 14.5. The van der Waals surface area contributed by atoms with Crippen molar-refractivity contribution in [2.75, 3.05) is 14.2 Å². The van der Waals surface area contributed by atoms with Crippen LogP contribution >= 0.6 is 0 Å². The number of methoxy groups -OCH3 is 2. The Kier molecular flexibility index (Phi) is 5.96. The van der Waals surface area contributed by atoms with Crippen molar-refractivity contribution in [1.82, 2.24) is 9.97 Å². The number of nitrogens with zero attached hydrogens (tertiary/aromatic N) is 2. The van der Waals surface area contributed by atoms with E-state index < -0.39 is 0 Å². The number of hydrogen-bond acceptors (Lipinski definition) is 5. The van der Waals surface area contributed by atoms with Crippen LogP contribution in [0.25, 0.3) is 11.3 Å². The van der Waals surface area contributed by atoms with Crippen molar-refractivity contribution < 1.29 is 14.2 Å². The lowest BCUT2D eigenvalue weighted by atomic mass is 10.1. The van der Waals surface area contributed by atoms with Gasteiger partial charge in [0.2, 0.25) is 5.88 Å². The molecule has 0 saturated heterocycles. The van der Waals surface area contributed by atoms with Crippen LogP contribution in [0.3, 0.4) is 0 Å². The summed E-state index contributed by atoms with van der Waals surface area (Å²) in [5.74, 6) is 2.20. The van der Waals surface area contributed by atoms with Crippen LogP contribution in [0.4, 0.5) is 0 Å². The van der Waals surface area contributed by atoms with E-state index in [1.165, 1.54) is 12.8 Å². The number of benzene rings is 1. The van der Waals surface area contributed by atoms with E-state index in [4.69, 9.17) is 24.2 Å². The Balaban J connectivity index is 2.04. The molecule has 0 N–H and O–H groups in total. The average Bonchev–Trinajstić information content (AvgIpc) is 3.20. The molecule has 0 aliphatic heterocycles. The van der Waals surface area contributed by atoms with Gasteiger partial charge in [-0.05, 0) is 50.7 Å². The number of ether oxygens (including phenoxy) is 3. The third-order valence-corrected chi connectivity index (χ3v) is 4.92. The van der Waals surface area contributed by atoms with Crippen LogP contribution in [-0.2, 0) is 12.8 Å².